The van der Waals surface area contributed by atoms with E-state index in [1.807, 2.05) is 6.07 Å². The highest BCUT2D eigenvalue weighted by molar-refractivity contribution is 6.36. The summed E-state index contributed by atoms with van der Waals surface area (Å²) in [5, 5.41) is 24.7. The van der Waals surface area contributed by atoms with Crippen molar-refractivity contribution in [3.63, 3.8) is 0 Å². The summed E-state index contributed by atoms with van der Waals surface area (Å²) >= 11 is 12.1. The van der Waals surface area contributed by atoms with E-state index in [-0.39, 0.29) is 21.5 Å². The number of rotatable bonds is 5. The van der Waals surface area contributed by atoms with Gasteiger partial charge in [0.15, 0.2) is 6.23 Å². The van der Waals surface area contributed by atoms with Gasteiger partial charge in [0.05, 0.1) is 21.3 Å². The summed E-state index contributed by atoms with van der Waals surface area (Å²) in [7, 11) is 1.47. The number of aromatic nitrogens is 1. The molecule has 0 bridgehead atoms. The van der Waals surface area contributed by atoms with Gasteiger partial charge in [-0.2, -0.15) is 0 Å². The minimum Gasteiger partial charge on any atom is -0.506 e. The highest BCUT2D eigenvalue weighted by Crippen LogP contribution is 2.36. The zero-order valence-corrected chi connectivity index (χ0v) is 15.0. The van der Waals surface area contributed by atoms with Gasteiger partial charge in [-0.25, -0.2) is 4.98 Å². The number of nitro groups is 1. The average Bonchev–Trinajstić information content (AvgIpc) is 2.62. The normalized spacial score (nSPS) is 12.1. The van der Waals surface area contributed by atoms with Gasteiger partial charge in [0.2, 0.25) is 0 Å². The summed E-state index contributed by atoms with van der Waals surface area (Å²) in [5.74, 6) is 0.0515. The Hall–Kier alpha value is -2.61. The Balaban J connectivity index is 1.97. The van der Waals surface area contributed by atoms with Gasteiger partial charge < -0.3 is 15.2 Å². The summed E-state index contributed by atoms with van der Waals surface area (Å²) in [6.45, 7) is 0. The minimum absolute atomic E-state index is 0.0515. The number of para-hydroxylation sites is 1. The van der Waals surface area contributed by atoms with Gasteiger partial charge in [0.1, 0.15) is 16.3 Å². The molecule has 0 saturated heterocycles. The van der Waals surface area contributed by atoms with Crippen molar-refractivity contribution in [1.82, 2.24) is 4.98 Å². The molecule has 2 aromatic carbocycles. The topological polar surface area (TPSA) is 97.5 Å². The summed E-state index contributed by atoms with van der Waals surface area (Å²) < 4.78 is 5.41. The van der Waals surface area contributed by atoms with E-state index < -0.39 is 11.2 Å². The molecular formula is C17H13Cl2N3O4. The lowest BCUT2D eigenvalue weighted by atomic mass is 10.1. The lowest BCUT2D eigenvalue weighted by Crippen LogP contribution is -2.14. The maximum Gasteiger partial charge on any atom is 0.289 e. The van der Waals surface area contributed by atoms with Crippen LogP contribution in [-0.4, -0.2) is 22.1 Å². The molecule has 1 heterocycles. The van der Waals surface area contributed by atoms with Crippen molar-refractivity contribution in [2.24, 2.45) is 0 Å². The molecule has 3 aromatic rings. The molecule has 2 N–H and O–H groups in total. The number of halogens is 2. The first-order valence-corrected chi connectivity index (χ1v) is 8.17. The number of phenolic OH excluding ortho intramolecular Hbond substituents is 1. The minimum atomic E-state index is -0.714. The SMILES string of the molecule is COC(Nc1cc(Cl)c([N+](=O)[O-])cc1Cl)c1ccc2cccc(O)c2n1. The zero-order chi connectivity index (χ0) is 18.8. The predicted molar refractivity (Wildman–Crippen MR) is 99.9 cm³/mol. The fraction of sp³-hybridized carbons (Fsp3) is 0.118. The van der Waals surface area contributed by atoms with Gasteiger partial charge in [-0.1, -0.05) is 41.4 Å². The van der Waals surface area contributed by atoms with Crippen LogP contribution in [0.2, 0.25) is 10.0 Å². The molecule has 1 atom stereocenters. The molecule has 0 radical (unpaired) electrons. The van der Waals surface area contributed by atoms with Crippen LogP contribution >= 0.6 is 23.2 Å². The Morgan fingerprint density at radius 3 is 2.69 bits per heavy atom. The number of pyridine rings is 1. The fourth-order valence-electron chi connectivity index (χ4n) is 2.47. The van der Waals surface area contributed by atoms with E-state index >= 15 is 0 Å². The lowest BCUT2D eigenvalue weighted by molar-refractivity contribution is -0.384. The van der Waals surface area contributed by atoms with Gasteiger partial charge in [0.25, 0.3) is 5.69 Å². The third-order valence-corrected chi connectivity index (χ3v) is 4.36. The number of hydrogen-bond donors (Lipinski definition) is 2. The smallest absolute Gasteiger partial charge is 0.289 e. The van der Waals surface area contributed by atoms with Crippen molar-refractivity contribution in [2.45, 2.75) is 6.23 Å². The number of ether oxygens (including phenoxy) is 1. The molecule has 3 rings (SSSR count). The first-order valence-electron chi connectivity index (χ1n) is 7.42. The average molecular weight is 394 g/mol. The van der Waals surface area contributed by atoms with Crippen LogP contribution in [0.1, 0.15) is 11.9 Å². The molecular weight excluding hydrogens is 381 g/mol. The molecule has 134 valence electrons. The van der Waals surface area contributed by atoms with Crippen molar-refractivity contribution in [1.29, 1.82) is 0 Å². The third-order valence-electron chi connectivity index (χ3n) is 3.74. The van der Waals surface area contributed by atoms with E-state index in [0.29, 0.717) is 16.9 Å². The number of hydrogen-bond acceptors (Lipinski definition) is 6. The number of aromatic hydroxyl groups is 1. The monoisotopic (exact) mass is 393 g/mol. The molecule has 7 nitrogen and oxygen atoms in total. The first-order chi connectivity index (χ1) is 12.4. The second kappa shape index (κ2) is 7.33. The second-order valence-electron chi connectivity index (χ2n) is 5.39. The molecule has 0 spiro atoms. The Morgan fingerprint density at radius 2 is 2.00 bits per heavy atom. The van der Waals surface area contributed by atoms with Gasteiger partial charge in [0, 0.05) is 18.6 Å². The molecule has 0 aliphatic heterocycles. The molecule has 26 heavy (non-hydrogen) atoms. The fourth-order valence-corrected chi connectivity index (χ4v) is 2.92. The first kappa shape index (κ1) is 18.2. The number of nitro benzene ring substituents is 1. The van der Waals surface area contributed by atoms with Gasteiger partial charge in [-0.05, 0) is 18.2 Å². The van der Waals surface area contributed by atoms with E-state index in [0.717, 1.165) is 5.39 Å². The van der Waals surface area contributed by atoms with Crippen LogP contribution < -0.4 is 5.32 Å². The van der Waals surface area contributed by atoms with Crippen molar-refractivity contribution in [3.8, 4) is 5.75 Å². The van der Waals surface area contributed by atoms with Crippen LogP contribution in [0.5, 0.6) is 5.75 Å². The maximum atomic E-state index is 10.9. The van der Waals surface area contributed by atoms with Crippen molar-refractivity contribution < 1.29 is 14.8 Å². The number of fused-ring (bicyclic) bond motifs is 1. The van der Waals surface area contributed by atoms with Crippen LogP contribution in [0, 0.1) is 10.1 Å². The van der Waals surface area contributed by atoms with E-state index in [1.54, 1.807) is 24.3 Å². The van der Waals surface area contributed by atoms with E-state index in [2.05, 4.69) is 10.3 Å². The summed E-state index contributed by atoms with van der Waals surface area (Å²) in [4.78, 5) is 14.7. The van der Waals surface area contributed by atoms with Gasteiger partial charge in [-0.15, -0.1) is 0 Å². The van der Waals surface area contributed by atoms with Crippen LogP contribution in [0.15, 0.2) is 42.5 Å². The Labute approximate surface area is 158 Å². The van der Waals surface area contributed by atoms with Crippen LogP contribution in [-0.2, 0) is 4.74 Å². The summed E-state index contributed by atoms with van der Waals surface area (Å²) in [6, 6.07) is 11.2. The van der Waals surface area contributed by atoms with Crippen molar-refractivity contribution >= 4 is 45.5 Å². The lowest BCUT2D eigenvalue weighted by Gasteiger charge is -2.19. The highest BCUT2D eigenvalue weighted by Gasteiger charge is 2.19. The number of anilines is 1. The molecule has 0 aliphatic rings. The maximum absolute atomic E-state index is 10.9. The zero-order valence-electron chi connectivity index (χ0n) is 13.4. The molecule has 0 fully saturated rings. The van der Waals surface area contributed by atoms with Gasteiger partial charge >= 0.3 is 0 Å². The number of benzene rings is 2. The summed E-state index contributed by atoms with van der Waals surface area (Å²) in [5.41, 5.74) is 0.993. The number of methoxy groups -OCH3 is 1. The third kappa shape index (κ3) is 3.50. The number of phenols is 1. The summed E-state index contributed by atoms with van der Waals surface area (Å²) in [6.07, 6.45) is -0.714. The Morgan fingerprint density at radius 1 is 1.23 bits per heavy atom. The molecule has 0 saturated carbocycles. The number of nitrogens with one attached hydrogen (secondary N) is 1. The Bertz CT molecular complexity index is 997. The number of nitrogens with zero attached hydrogens (tertiary/aromatic N) is 2. The van der Waals surface area contributed by atoms with Crippen LogP contribution in [0.4, 0.5) is 11.4 Å². The Kier molecular flexibility index (Phi) is 5.13. The van der Waals surface area contributed by atoms with Crippen molar-refractivity contribution in [2.75, 3.05) is 12.4 Å². The largest absolute Gasteiger partial charge is 0.506 e. The predicted octanol–water partition coefficient (Wildman–Crippen LogP) is 4.91. The molecule has 1 aromatic heterocycles. The molecule has 0 amide bonds. The highest BCUT2D eigenvalue weighted by atomic mass is 35.5. The quantitative estimate of drug-likeness (QED) is 0.363. The van der Waals surface area contributed by atoms with Crippen molar-refractivity contribution in [3.05, 3.63) is 68.3 Å². The molecule has 0 aliphatic carbocycles. The molecule has 9 heteroatoms. The van der Waals surface area contributed by atoms with E-state index in [9.17, 15) is 15.2 Å². The van der Waals surface area contributed by atoms with Crippen LogP contribution in [0.25, 0.3) is 10.9 Å². The van der Waals surface area contributed by atoms with E-state index in [1.165, 1.54) is 19.2 Å². The molecule has 1 unspecified atom stereocenters. The van der Waals surface area contributed by atoms with Gasteiger partial charge in [-0.3, -0.25) is 10.1 Å². The van der Waals surface area contributed by atoms with E-state index in [4.69, 9.17) is 27.9 Å². The van der Waals surface area contributed by atoms with Crippen LogP contribution in [0.3, 0.4) is 0 Å². The standard InChI is InChI=1S/C17H13Cl2N3O4/c1-26-17(12-6-5-9-3-2-4-15(23)16(9)20-12)21-13-7-11(19)14(22(24)25)8-10(13)18/h2-8,17,21,23H,1H3. The second-order valence-corrected chi connectivity index (χ2v) is 6.20.